The van der Waals surface area contributed by atoms with Crippen LogP contribution in [0.5, 0.6) is 0 Å². The first kappa shape index (κ1) is 12.7. The summed E-state index contributed by atoms with van der Waals surface area (Å²) in [6.07, 6.45) is 4.04. The number of hydrogen-bond acceptors (Lipinski definition) is 3. The van der Waals surface area contributed by atoms with Gasteiger partial charge in [0.2, 0.25) is 5.91 Å². The highest BCUT2D eigenvalue weighted by molar-refractivity contribution is 5.83. The van der Waals surface area contributed by atoms with E-state index in [9.17, 15) is 9.59 Å². The Morgan fingerprint density at radius 1 is 1.56 bits per heavy atom. The minimum Gasteiger partial charge on any atom is -0.480 e. The normalized spacial score (nSPS) is 18.6. The van der Waals surface area contributed by atoms with E-state index in [1.165, 1.54) is 6.08 Å². The van der Waals surface area contributed by atoms with Crippen LogP contribution in [0.25, 0.3) is 0 Å². The van der Waals surface area contributed by atoms with E-state index in [1.807, 2.05) is 0 Å². The highest BCUT2D eigenvalue weighted by Gasteiger charge is 2.30. The number of nitrogens with one attached hydrogen (secondary N) is 1. The van der Waals surface area contributed by atoms with Gasteiger partial charge < -0.3 is 16.2 Å². The Morgan fingerprint density at radius 2 is 2.19 bits per heavy atom. The van der Waals surface area contributed by atoms with Crippen LogP contribution in [-0.2, 0) is 9.59 Å². The molecule has 1 fully saturated rings. The van der Waals surface area contributed by atoms with Crippen molar-refractivity contribution in [3.63, 3.8) is 0 Å². The monoisotopic (exact) mass is 226 g/mol. The number of carbonyl (C=O) groups excluding carboxylic acids is 1. The Hall–Kier alpha value is -1.36. The van der Waals surface area contributed by atoms with Crippen LogP contribution in [0.2, 0.25) is 0 Å². The summed E-state index contributed by atoms with van der Waals surface area (Å²) in [5.41, 5.74) is 5.78. The summed E-state index contributed by atoms with van der Waals surface area (Å²) in [5, 5.41) is 11.3. The number of hydrogen-bond donors (Lipinski definition) is 3. The number of carboxylic acids is 1. The highest BCUT2D eigenvalue weighted by atomic mass is 16.4. The molecule has 2 atom stereocenters. The van der Waals surface area contributed by atoms with Crippen LogP contribution in [0.1, 0.15) is 25.7 Å². The minimum atomic E-state index is -1.05. The fraction of sp³-hybridized carbons (Fsp3) is 0.636. The summed E-state index contributed by atoms with van der Waals surface area (Å²) in [6.45, 7) is 3.45. The number of aliphatic carboxylic acids is 1. The van der Waals surface area contributed by atoms with Gasteiger partial charge >= 0.3 is 5.97 Å². The molecule has 16 heavy (non-hydrogen) atoms. The average Bonchev–Trinajstić information content (AvgIpc) is 2.99. The maximum absolute atomic E-state index is 11.5. The topological polar surface area (TPSA) is 92.4 Å². The molecule has 0 aromatic rings. The van der Waals surface area contributed by atoms with Crippen molar-refractivity contribution in [3.8, 4) is 0 Å². The molecule has 4 N–H and O–H groups in total. The molecule has 1 aliphatic rings. The first-order valence-electron chi connectivity index (χ1n) is 5.43. The molecular weight excluding hydrogens is 208 g/mol. The van der Waals surface area contributed by atoms with Gasteiger partial charge in [0.1, 0.15) is 6.04 Å². The average molecular weight is 226 g/mol. The predicted molar refractivity (Wildman–Crippen MR) is 59.7 cm³/mol. The van der Waals surface area contributed by atoms with Crippen molar-refractivity contribution in [3.05, 3.63) is 12.7 Å². The molecule has 5 heteroatoms. The van der Waals surface area contributed by atoms with Crippen molar-refractivity contribution in [1.82, 2.24) is 5.32 Å². The van der Waals surface area contributed by atoms with Crippen molar-refractivity contribution in [2.75, 3.05) is 0 Å². The Kier molecular flexibility index (Phi) is 4.49. The van der Waals surface area contributed by atoms with Crippen molar-refractivity contribution in [1.29, 1.82) is 0 Å². The summed E-state index contributed by atoms with van der Waals surface area (Å²) < 4.78 is 0. The molecule has 5 nitrogen and oxygen atoms in total. The number of carbonyl (C=O) groups is 2. The van der Waals surface area contributed by atoms with Crippen LogP contribution in [-0.4, -0.2) is 29.1 Å². The molecule has 0 bridgehead atoms. The molecule has 90 valence electrons. The Labute approximate surface area is 94.7 Å². The second kappa shape index (κ2) is 5.65. The Balaban J connectivity index is 2.34. The summed E-state index contributed by atoms with van der Waals surface area (Å²) in [7, 11) is 0. The summed E-state index contributed by atoms with van der Waals surface area (Å²) in [5.74, 6) is -0.907. The van der Waals surface area contributed by atoms with Gasteiger partial charge in [0.15, 0.2) is 0 Å². The van der Waals surface area contributed by atoms with Gasteiger partial charge in [-0.3, -0.25) is 4.79 Å². The van der Waals surface area contributed by atoms with E-state index in [-0.39, 0.29) is 24.8 Å². The van der Waals surface area contributed by atoms with Gasteiger partial charge in [0.05, 0.1) is 0 Å². The molecule has 1 aliphatic carbocycles. The molecule has 2 unspecified atom stereocenters. The molecule has 0 spiro atoms. The lowest BCUT2D eigenvalue weighted by molar-refractivity contribution is -0.141. The summed E-state index contributed by atoms with van der Waals surface area (Å²) in [4.78, 5) is 22.2. The fourth-order valence-electron chi connectivity index (χ4n) is 1.55. The van der Waals surface area contributed by atoms with Gasteiger partial charge in [0, 0.05) is 12.5 Å². The van der Waals surface area contributed by atoms with Crippen LogP contribution in [0, 0.1) is 5.92 Å². The molecule has 0 aromatic heterocycles. The van der Waals surface area contributed by atoms with Gasteiger partial charge in [-0.05, 0) is 25.2 Å². The zero-order chi connectivity index (χ0) is 12.1. The molecule has 0 radical (unpaired) electrons. The molecular formula is C11H18N2O3. The third kappa shape index (κ3) is 4.02. The third-order valence-electron chi connectivity index (χ3n) is 2.68. The standard InChI is InChI=1S/C11H18N2O3/c1-2-3-9(11(15)16)13-10(14)6-8(12)7-4-5-7/h2,7-9H,1,3-6,12H2,(H,13,14)(H,15,16). The van der Waals surface area contributed by atoms with Gasteiger partial charge in [-0.2, -0.15) is 0 Å². The molecule has 0 aromatic carbocycles. The van der Waals surface area contributed by atoms with Gasteiger partial charge in [-0.1, -0.05) is 6.08 Å². The van der Waals surface area contributed by atoms with Crippen LogP contribution in [0.3, 0.4) is 0 Å². The van der Waals surface area contributed by atoms with Gasteiger partial charge in [-0.25, -0.2) is 4.79 Å². The highest BCUT2D eigenvalue weighted by Crippen LogP contribution is 2.32. The SMILES string of the molecule is C=CCC(NC(=O)CC(N)C1CC1)C(=O)O. The van der Waals surface area contributed by atoms with Crippen molar-refractivity contribution in [2.45, 2.75) is 37.8 Å². The Bertz CT molecular complexity index is 287. The number of carboxylic acid groups (broad SMARTS) is 1. The van der Waals surface area contributed by atoms with E-state index in [0.717, 1.165) is 12.8 Å². The number of rotatable bonds is 7. The minimum absolute atomic E-state index is 0.141. The molecule has 0 saturated heterocycles. The van der Waals surface area contributed by atoms with Crippen molar-refractivity contribution < 1.29 is 14.7 Å². The van der Waals surface area contributed by atoms with E-state index >= 15 is 0 Å². The van der Waals surface area contributed by atoms with E-state index in [4.69, 9.17) is 10.8 Å². The van der Waals surface area contributed by atoms with E-state index in [0.29, 0.717) is 5.92 Å². The lowest BCUT2D eigenvalue weighted by Crippen LogP contribution is -2.42. The second-order valence-electron chi connectivity index (χ2n) is 4.19. The Morgan fingerprint density at radius 3 is 2.62 bits per heavy atom. The fourth-order valence-corrected chi connectivity index (χ4v) is 1.55. The van der Waals surface area contributed by atoms with Gasteiger partial charge in [-0.15, -0.1) is 6.58 Å². The summed E-state index contributed by atoms with van der Waals surface area (Å²) >= 11 is 0. The molecule has 0 heterocycles. The van der Waals surface area contributed by atoms with Crippen molar-refractivity contribution in [2.24, 2.45) is 11.7 Å². The smallest absolute Gasteiger partial charge is 0.326 e. The van der Waals surface area contributed by atoms with E-state index < -0.39 is 12.0 Å². The zero-order valence-corrected chi connectivity index (χ0v) is 9.19. The molecule has 0 aliphatic heterocycles. The quantitative estimate of drug-likeness (QED) is 0.543. The maximum atomic E-state index is 11.5. The predicted octanol–water partition coefficient (Wildman–Crippen LogP) is 0.259. The third-order valence-corrected chi connectivity index (χ3v) is 2.68. The second-order valence-corrected chi connectivity index (χ2v) is 4.19. The lowest BCUT2D eigenvalue weighted by Gasteiger charge is -2.15. The van der Waals surface area contributed by atoms with Gasteiger partial charge in [0.25, 0.3) is 0 Å². The largest absolute Gasteiger partial charge is 0.480 e. The first-order chi connectivity index (χ1) is 7.54. The van der Waals surface area contributed by atoms with E-state index in [2.05, 4.69) is 11.9 Å². The zero-order valence-electron chi connectivity index (χ0n) is 9.19. The number of amides is 1. The van der Waals surface area contributed by atoms with Crippen LogP contribution >= 0.6 is 0 Å². The van der Waals surface area contributed by atoms with Crippen LogP contribution in [0.15, 0.2) is 12.7 Å². The molecule has 1 saturated carbocycles. The number of nitrogens with two attached hydrogens (primary N) is 1. The first-order valence-corrected chi connectivity index (χ1v) is 5.43. The van der Waals surface area contributed by atoms with E-state index in [1.54, 1.807) is 0 Å². The lowest BCUT2D eigenvalue weighted by atomic mass is 10.1. The van der Waals surface area contributed by atoms with Crippen LogP contribution in [0.4, 0.5) is 0 Å². The van der Waals surface area contributed by atoms with Crippen molar-refractivity contribution >= 4 is 11.9 Å². The van der Waals surface area contributed by atoms with Crippen LogP contribution < -0.4 is 11.1 Å². The molecule has 1 rings (SSSR count). The maximum Gasteiger partial charge on any atom is 0.326 e. The molecule has 1 amide bonds. The summed E-state index contributed by atoms with van der Waals surface area (Å²) in [6, 6.07) is -1.03.